The summed E-state index contributed by atoms with van der Waals surface area (Å²) in [7, 11) is -0.853. The van der Waals surface area contributed by atoms with Crippen molar-refractivity contribution in [2.45, 2.75) is 20.6 Å². The summed E-state index contributed by atoms with van der Waals surface area (Å²) in [5, 5.41) is 35.1. The molecule has 0 aromatic heterocycles. The molecule has 0 unspecified atom stereocenters. The molecule has 2 N–H and O–H groups in total. The Morgan fingerprint density at radius 2 is 1.72 bits per heavy atom. The Morgan fingerprint density at radius 3 is 2.28 bits per heavy atom. The third kappa shape index (κ3) is 5.74. The van der Waals surface area contributed by atoms with Gasteiger partial charge in [-0.1, -0.05) is 35.5 Å². The number of hydrogen-bond donors (Lipinski definition) is 2. The van der Waals surface area contributed by atoms with Gasteiger partial charge >= 0.3 is 7.12 Å². The van der Waals surface area contributed by atoms with E-state index in [2.05, 4.69) is 15.9 Å². The van der Waals surface area contributed by atoms with Crippen LogP contribution in [0.15, 0.2) is 40.9 Å². The van der Waals surface area contributed by atoms with Gasteiger partial charge in [0.25, 0.3) is 0 Å². The first-order valence-electron chi connectivity index (χ1n) is 6.71. The van der Waals surface area contributed by atoms with Crippen LogP contribution in [0.5, 0.6) is 0 Å². The summed E-state index contributed by atoms with van der Waals surface area (Å²) in [4.78, 5) is 0. The van der Waals surface area contributed by atoms with Crippen LogP contribution in [-0.2, 0) is 17.9 Å². The van der Waals surface area contributed by atoms with Gasteiger partial charge < -0.3 is 14.8 Å². The maximum Gasteiger partial charge on any atom is 0.491 e. The van der Waals surface area contributed by atoms with Gasteiger partial charge in [-0.15, -0.1) is 0 Å². The van der Waals surface area contributed by atoms with E-state index < -0.39 is 7.12 Å². The third-order valence-electron chi connectivity index (χ3n) is 3.29. The summed E-state index contributed by atoms with van der Waals surface area (Å²) in [6, 6.07) is 14.3. The molecule has 0 spiro atoms. The van der Waals surface area contributed by atoms with Crippen LogP contribution in [0.1, 0.15) is 29.7 Å². The highest BCUT2D eigenvalue weighted by molar-refractivity contribution is 9.10. The van der Waals surface area contributed by atoms with Crippen molar-refractivity contribution < 1.29 is 14.8 Å². The quantitative estimate of drug-likeness (QED) is 0.716. The number of fused-ring (bicyclic) bond motifs is 1. The summed E-state index contributed by atoms with van der Waals surface area (Å²) < 4.78 is 5.75. The lowest BCUT2D eigenvalue weighted by Crippen LogP contribution is -2.28. The maximum absolute atomic E-state index is 9.27. The Hall–Kier alpha value is -2.09. The summed E-state index contributed by atoms with van der Waals surface area (Å²) in [6.45, 7) is 0.425. The van der Waals surface area contributed by atoms with Crippen molar-refractivity contribution in [2.24, 2.45) is 0 Å². The molecule has 0 bridgehead atoms. The molecule has 0 aliphatic carbocycles. The molecule has 1 aliphatic rings. The van der Waals surface area contributed by atoms with Gasteiger partial charge in [0.1, 0.15) is 0 Å². The number of benzene rings is 2. The van der Waals surface area contributed by atoms with E-state index in [9.17, 15) is 5.02 Å². The molecule has 1 aliphatic heterocycles. The van der Waals surface area contributed by atoms with E-state index in [4.69, 9.17) is 20.3 Å². The number of nitrogens with zero attached hydrogens (tertiary/aromatic N) is 2. The van der Waals surface area contributed by atoms with Crippen molar-refractivity contribution in [3.8, 4) is 12.1 Å². The molecule has 3 rings (SSSR count). The summed E-state index contributed by atoms with van der Waals surface area (Å²) >= 11 is 3.24. The third-order valence-corrected chi connectivity index (χ3v) is 4.03. The Kier molecular flexibility index (Phi) is 9.81. The molecule has 0 amide bonds. The molecule has 0 saturated carbocycles. The molecule has 1 heterocycles. The van der Waals surface area contributed by atoms with Gasteiger partial charge in [0.15, 0.2) is 0 Å². The molecule has 3 radical (unpaired) electrons. The van der Waals surface area contributed by atoms with Crippen molar-refractivity contribution in [3.05, 3.63) is 63.1 Å². The lowest BCUT2D eigenvalue weighted by molar-refractivity contribution is 0.275. The Labute approximate surface area is 158 Å². The fourth-order valence-electron chi connectivity index (χ4n) is 2.03. The minimum Gasteiger partial charge on any atom is -0.423 e. The van der Waals surface area contributed by atoms with Crippen molar-refractivity contribution in [1.29, 1.82) is 10.5 Å². The van der Waals surface area contributed by atoms with Crippen molar-refractivity contribution in [2.75, 3.05) is 0 Å². The first-order valence-corrected chi connectivity index (χ1v) is 7.50. The van der Waals surface area contributed by atoms with Crippen molar-refractivity contribution >= 4 is 36.9 Å². The van der Waals surface area contributed by atoms with Crippen LogP contribution in [0.25, 0.3) is 0 Å². The Morgan fingerprint density at radius 1 is 1.12 bits per heavy atom. The zero-order chi connectivity index (χ0) is 16.8. The fraction of sp³-hybridized carbons (Fsp3) is 0.176. The fourth-order valence-corrected chi connectivity index (χ4v) is 2.53. The van der Waals surface area contributed by atoms with Crippen LogP contribution >= 0.6 is 15.9 Å². The number of hydrogen-bond acceptors (Lipinski definition) is 5. The zero-order valence-corrected chi connectivity index (χ0v) is 14.2. The van der Waals surface area contributed by atoms with Crippen LogP contribution in [0.3, 0.4) is 0 Å². The van der Waals surface area contributed by atoms with Crippen molar-refractivity contribution in [3.63, 3.8) is 0 Å². The van der Waals surface area contributed by atoms with E-state index in [0.29, 0.717) is 23.2 Å². The maximum atomic E-state index is 9.27. The highest BCUT2D eigenvalue weighted by atomic mass is 79.9. The van der Waals surface area contributed by atoms with Gasteiger partial charge in [-0.25, -0.2) is 0 Å². The average molecular weight is 398 g/mol. The van der Waals surface area contributed by atoms with Crippen molar-refractivity contribution in [1.82, 2.24) is 0 Å². The number of aliphatic hydroxyl groups excluding tert-OH is 1. The zero-order valence-electron chi connectivity index (χ0n) is 12.6. The second-order valence-corrected chi connectivity index (χ2v) is 5.62. The lowest BCUT2D eigenvalue weighted by Gasteiger charge is -1.98. The van der Waals surface area contributed by atoms with E-state index in [1.165, 1.54) is 0 Å². The molecule has 2 aromatic rings. The first kappa shape index (κ1) is 22.9. The number of halogens is 1. The monoisotopic (exact) mass is 397 g/mol. The molecule has 2 aromatic carbocycles. The predicted molar refractivity (Wildman–Crippen MR) is 101 cm³/mol. The van der Waals surface area contributed by atoms with E-state index in [0.717, 1.165) is 15.6 Å². The number of aliphatic hydroxyl groups is 1. The standard InChI is InChI=1S/C8H6BNO2.C8H6BrNO.CH4.B/c10-4-6-1-2-7-5-12-9(11)8(7)3-6;9-8-3-6(4-10)1-2-7(8)5-11;;/h1-3,11H,5H2;1-3,11H,5H2;1H4;. The molecule has 8 heteroatoms. The molecule has 5 nitrogen and oxygen atoms in total. The minimum atomic E-state index is -0.853. The summed E-state index contributed by atoms with van der Waals surface area (Å²) in [5.74, 6) is 0. The highest BCUT2D eigenvalue weighted by Crippen LogP contribution is 2.17. The van der Waals surface area contributed by atoms with Gasteiger partial charge in [0.2, 0.25) is 0 Å². The van der Waals surface area contributed by atoms with Crippen LogP contribution in [-0.4, -0.2) is 25.7 Å². The first-order chi connectivity index (χ1) is 11.1. The normalized spacial score (nSPS) is 10.8. The SMILES string of the molecule is C.N#Cc1ccc(CO)c(Br)c1.N#Cc1ccc2c(c1)B(O)OC2.[B]. The predicted octanol–water partition coefficient (Wildman–Crippen LogP) is 1.84. The number of nitriles is 2. The van der Waals surface area contributed by atoms with Gasteiger partial charge in [0, 0.05) is 12.9 Å². The minimum absolute atomic E-state index is 0. The molecule has 0 fully saturated rings. The highest BCUT2D eigenvalue weighted by Gasteiger charge is 2.26. The smallest absolute Gasteiger partial charge is 0.423 e. The number of rotatable bonds is 1. The Bertz CT molecular complexity index is 803. The molecule has 125 valence electrons. The average Bonchev–Trinajstić information content (AvgIpc) is 2.96. The van der Waals surface area contributed by atoms with E-state index >= 15 is 0 Å². The van der Waals surface area contributed by atoms with E-state index in [1.807, 2.05) is 18.2 Å². The van der Waals surface area contributed by atoms with Crippen LogP contribution in [0, 0.1) is 22.7 Å². The summed E-state index contributed by atoms with van der Waals surface area (Å²) in [5.41, 5.74) is 3.62. The topological polar surface area (TPSA) is 97.3 Å². The molecular weight excluding hydrogens is 382 g/mol. The second kappa shape index (κ2) is 10.7. The van der Waals surface area contributed by atoms with Crippen LogP contribution in [0.4, 0.5) is 0 Å². The molecule has 0 saturated heterocycles. The van der Waals surface area contributed by atoms with E-state index in [-0.39, 0.29) is 22.4 Å². The molecular formula is C17H16B2BrN2O3. The summed E-state index contributed by atoms with van der Waals surface area (Å²) in [6.07, 6.45) is 0. The lowest BCUT2D eigenvalue weighted by atomic mass is 9.79. The van der Waals surface area contributed by atoms with Crippen LogP contribution in [0.2, 0.25) is 0 Å². The van der Waals surface area contributed by atoms with Gasteiger partial charge in [-0.3, -0.25) is 0 Å². The molecule has 25 heavy (non-hydrogen) atoms. The largest absolute Gasteiger partial charge is 0.491 e. The second-order valence-electron chi connectivity index (χ2n) is 4.76. The molecule has 0 atom stereocenters. The van der Waals surface area contributed by atoms with Gasteiger partial charge in [0.05, 0.1) is 36.5 Å². The van der Waals surface area contributed by atoms with Gasteiger partial charge in [-0.2, -0.15) is 10.5 Å². The van der Waals surface area contributed by atoms with Gasteiger partial charge in [-0.05, 0) is 40.9 Å². The van der Waals surface area contributed by atoms with E-state index in [1.54, 1.807) is 30.3 Å². The Balaban J connectivity index is 0.000000429. The van der Waals surface area contributed by atoms with Crippen LogP contribution < -0.4 is 5.46 Å².